The molecule has 2 atom stereocenters. The van der Waals surface area contributed by atoms with Crippen LogP contribution >= 0.6 is 0 Å². The molecule has 0 saturated heterocycles. The summed E-state index contributed by atoms with van der Waals surface area (Å²) in [5.41, 5.74) is 0. The number of carbonyl (C=O) groups excluding carboxylic acids is 1. The van der Waals surface area contributed by atoms with Gasteiger partial charge in [-0.25, -0.2) is 0 Å². The third kappa shape index (κ3) is 3.66. The van der Waals surface area contributed by atoms with Crippen LogP contribution in [0.25, 0.3) is 0 Å². The van der Waals surface area contributed by atoms with Crippen molar-refractivity contribution in [2.45, 2.75) is 39.7 Å². The van der Waals surface area contributed by atoms with Crippen LogP contribution in [0.15, 0.2) is 0 Å². The van der Waals surface area contributed by atoms with E-state index in [1.54, 1.807) is 0 Å². The Labute approximate surface area is 86.2 Å². The lowest BCUT2D eigenvalue weighted by Gasteiger charge is -2.16. The van der Waals surface area contributed by atoms with Crippen molar-refractivity contribution in [3.05, 3.63) is 0 Å². The Balaban J connectivity index is 2.18. The van der Waals surface area contributed by atoms with Gasteiger partial charge in [0.1, 0.15) is 6.10 Å². The van der Waals surface area contributed by atoms with Gasteiger partial charge in [-0.15, -0.1) is 0 Å². The maximum Gasteiger partial charge on any atom is 0.310 e. The first-order valence-electron chi connectivity index (χ1n) is 5.56. The lowest BCUT2D eigenvalue weighted by atomic mass is 10.2. The van der Waals surface area contributed by atoms with Crippen molar-refractivity contribution >= 4 is 5.97 Å². The Morgan fingerprint density at radius 3 is 2.64 bits per heavy atom. The zero-order valence-corrected chi connectivity index (χ0v) is 9.38. The predicted octanol–water partition coefficient (Wildman–Crippen LogP) is 1.57. The van der Waals surface area contributed by atoms with Gasteiger partial charge in [-0.05, 0) is 32.2 Å². The molecule has 0 heterocycles. The second kappa shape index (κ2) is 5.35. The minimum atomic E-state index is -0.0645. The van der Waals surface area contributed by atoms with Gasteiger partial charge in [-0.2, -0.15) is 0 Å². The molecular formula is C11H21NO2. The molecule has 82 valence electrons. The molecule has 0 aromatic carbocycles. The highest BCUT2D eigenvalue weighted by molar-refractivity contribution is 5.72. The SMILES string of the molecule is CCNCC(C)C(=O)OC(C)C1CC1. The lowest BCUT2D eigenvalue weighted by Crippen LogP contribution is -2.30. The van der Waals surface area contributed by atoms with Crippen molar-refractivity contribution in [3.63, 3.8) is 0 Å². The van der Waals surface area contributed by atoms with Crippen molar-refractivity contribution in [3.8, 4) is 0 Å². The van der Waals surface area contributed by atoms with Gasteiger partial charge >= 0.3 is 5.97 Å². The molecule has 3 nitrogen and oxygen atoms in total. The van der Waals surface area contributed by atoms with Crippen LogP contribution in [0, 0.1) is 11.8 Å². The predicted molar refractivity (Wildman–Crippen MR) is 56.0 cm³/mol. The van der Waals surface area contributed by atoms with Crippen LogP contribution < -0.4 is 5.32 Å². The summed E-state index contributed by atoms with van der Waals surface area (Å²) in [6, 6.07) is 0. The highest BCUT2D eigenvalue weighted by Gasteiger charge is 2.31. The number of hydrogen-bond acceptors (Lipinski definition) is 3. The summed E-state index contributed by atoms with van der Waals surface area (Å²) >= 11 is 0. The lowest BCUT2D eigenvalue weighted by molar-refractivity contribution is -0.153. The number of hydrogen-bond donors (Lipinski definition) is 1. The smallest absolute Gasteiger partial charge is 0.310 e. The fourth-order valence-corrected chi connectivity index (χ4v) is 1.41. The molecule has 0 aromatic rings. The third-order valence-corrected chi connectivity index (χ3v) is 2.69. The van der Waals surface area contributed by atoms with Gasteiger partial charge in [-0.3, -0.25) is 4.79 Å². The topological polar surface area (TPSA) is 38.3 Å². The van der Waals surface area contributed by atoms with Crippen LogP contribution in [-0.2, 0) is 9.53 Å². The van der Waals surface area contributed by atoms with Gasteiger partial charge in [0.15, 0.2) is 0 Å². The van der Waals surface area contributed by atoms with Gasteiger partial charge < -0.3 is 10.1 Å². The molecular weight excluding hydrogens is 178 g/mol. The van der Waals surface area contributed by atoms with E-state index < -0.39 is 0 Å². The fraction of sp³-hybridized carbons (Fsp3) is 0.909. The van der Waals surface area contributed by atoms with Crippen LogP contribution in [-0.4, -0.2) is 25.2 Å². The van der Waals surface area contributed by atoms with Crippen LogP contribution in [0.1, 0.15) is 33.6 Å². The van der Waals surface area contributed by atoms with E-state index in [1.165, 1.54) is 12.8 Å². The van der Waals surface area contributed by atoms with Crippen LogP contribution in [0.4, 0.5) is 0 Å². The maximum atomic E-state index is 11.5. The Morgan fingerprint density at radius 2 is 2.14 bits per heavy atom. The van der Waals surface area contributed by atoms with Gasteiger partial charge in [0, 0.05) is 6.54 Å². The van der Waals surface area contributed by atoms with E-state index in [0.29, 0.717) is 12.5 Å². The Hall–Kier alpha value is -0.570. The molecule has 1 N–H and O–H groups in total. The van der Waals surface area contributed by atoms with E-state index in [0.717, 1.165) is 6.54 Å². The summed E-state index contributed by atoms with van der Waals surface area (Å²) in [7, 11) is 0. The largest absolute Gasteiger partial charge is 0.462 e. The monoisotopic (exact) mass is 199 g/mol. The molecule has 1 aliphatic rings. The first kappa shape index (κ1) is 11.5. The minimum absolute atomic E-state index is 0.0313. The fourth-order valence-electron chi connectivity index (χ4n) is 1.41. The summed E-state index contributed by atoms with van der Waals surface area (Å²) in [5, 5.41) is 3.15. The third-order valence-electron chi connectivity index (χ3n) is 2.69. The van der Waals surface area contributed by atoms with Gasteiger partial charge in [0.25, 0.3) is 0 Å². The zero-order chi connectivity index (χ0) is 10.6. The van der Waals surface area contributed by atoms with E-state index >= 15 is 0 Å². The molecule has 0 aromatic heterocycles. The maximum absolute atomic E-state index is 11.5. The second-order valence-electron chi connectivity index (χ2n) is 4.19. The standard InChI is InChI=1S/C11H21NO2/c1-4-12-7-8(2)11(13)14-9(3)10-5-6-10/h8-10,12H,4-7H2,1-3H3. The van der Waals surface area contributed by atoms with E-state index in [9.17, 15) is 4.79 Å². The molecule has 0 aliphatic heterocycles. The first-order valence-corrected chi connectivity index (χ1v) is 5.56. The van der Waals surface area contributed by atoms with E-state index in [-0.39, 0.29) is 18.0 Å². The average Bonchev–Trinajstić information content (AvgIpc) is 2.96. The van der Waals surface area contributed by atoms with E-state index in [1.807, 2.05) is 20.8 Å². The second-order valence-corrected chi connectivity index (χ2v) is 4.19. The zero-order valence-electron chi connectivity index (χ0n) is 9.38. The van der Waals surface area contributed by atoms with E-state index in [2.05, 4.69) is 5.32 Å². The van der Waals surface area contributed by atoms with Crippen LogP contribution in [0.3, 0.4) is 0 Å². The molecule has 0 radical (unpaired) electrons. The number of rotatable bonds is 6. The summed E-state index contributed by atoms with van der Waals surface area (Å²) in [6.07, 6.45) is 2.55. The summed E-state index contributed by atoms with van der Waals surface area (Å²) in [4.78, 5) is 11.5. The molecule has 1 aliphatic carbocycles. The average molecular weight is 199 g/mol. The number of esters is 1. The van der Waals surface area contributed by atoms with Crippen molar-refractivity contribution in [1.29, 1.82) is 0 Å². The molecule has 14 heavy (non-hydrogen) atoms. The van der Waals surface area contributed by atoms with Crippen LogP contribution in [0.5, 0.6) is 0 Å². The molecule has 0 bridgehead atoms. The van der Waals surface area contributed by atoms with E-state index in [4.69, 9.17) is 4.74 Å². The van der Waals surface area contributed by atoms with Gasteiger partial charge in [0.05, 0.1) is 5.92 Å². The Kier molecular flexibility index (Phi) is 4.39. The molecule has 0 spiro atoms. The molecule has 1 fully saturated rings. The van der Waals surface area contributed by atoms with Crippen molar-refractivity contribution < 1.29 is 9.53 Å². The minimum Gasteiger partial charge on any atom is -0.462 e. The number of ether oxygens (including phenoxy) is 1. The van der Waals surface area contributed by atoms with Crippen molar-refractivity contribution in [1.82, 2.24) is 5.32 Å². The molecule has 3 heteroatoms. The summed E-state index contributed by atoms with van der Waals surface area (Å²) in [5.74, 6) is 0.534. The van der Waals surface area contributed by atoms with Crippen molar-refractivity contribution in [2.75, 3.05) is 13.1 Å². The summed E-state index contributed by atoms with van der Waals surface area (Å²) < 4.78 is 5.35. The van der Waals surface area contributed by atoms with Crippen LogP contribution in [0.2, 0.25) is 0 Å². The Bertz CT molecular complexity index is 190. The highest BCUT2D eigenvalue weighted by Crippen LogP contribution is 2.34. The van der Waals surface area contributed by atoms with Gasteiger partial charge in [0.2, 0.25) is 0 Å². The molecule has 1 rings (SSSR count). The highest BCUT2D eigenvalue weighted by atomic mass is 16.5. The normalized spacial score (nSPS) is 20.2. The van der Waals surface area contributed by atoms with Crippen molar-refractivity contribution in [2.24, 2.45) is 11.8 Å². The number of nitrogens with one attached hydrogen (secondary N) is 1. The molecule has 2 unspecified atom stereocenters. The van der Waals surface area contributed by atoms with Gasteiger partial charge in [-0.1, -0.05) is 13.8 Å². The summed E-state index contributed by atoms with van der Waals surface area (Å²) in [6.45, 7) is 7.55. The molecule has 0 amide bonds. The molecule has 1 saturated carbocycles. The number of carbonyl (C=O) groups is 1. The Morgan fingerprint density at radius 1 is 1.50 bits per heavy atom. The first-order chi connectivity index (χ1) is 6.65. The quantitative estimate of drug-likeness (QED) is 0.660.